The number of fused-ring (bicyclic) bond motifs is 1. The smallest absolute Gasteiger partial charge is 0.255 e. The highest BCUT2D eigenvalue weighted by molar-refractivity contribution is 6.01. The third-order valence-electron chi connectivity index (χ3n) is 3.69. The monoisotopic (exact) mass is 345 g/mol. The quantitative estimate of drug-likeness (QED) is 0.890. The van der Waals surface area contributed by atoms with Crippen molar-refractivity contribution in [3.63, 3.8) is 0 Å². The highest BCUT2D eigenvalue weighted by Gasteiger charge is 2.27. The maximum absolute atomic E-state index is 13.4. The number of carbonyl (C=O) groups excluding carboxylic acids is 1. The molecule has 2 N–H and O–H groups in total. The van der Waals surface area contributed by atoms with Gasteiger partial charge in [0.15, 0.2) is 29.7 Å². The summed E-state index contributed by atoms with van der Waals surface area (Å²) in [7, 11) is 1.44. The number of amides is 1. The normalized spacial score (nSPS) is 15.4. The molecule has 8 heteroatoms. The number of ether oxygens (including phenoxy) is 2. The maximum Gasteiger partial charge on any atom is 0.255 e. The number of nitrogens with one attached hydrogen (secondary N) is 2. The molecule has 1 atom stereocenters. The van der Waals surface area contributed by atoms with E-state index in [2.05, 4.69) is 10.6 Å². The SMILES string of the molecule is COc1cc(C2NC(=O)c3cc(F)c(F)cc3N2)ccc1OCC#N. The second kappa shape index (κ2) is 6.65. The molecule has 0 saturated heterocycles. The number of halogens is 2. The molecule has 1 amide bonds. The Labute approximate surface area is 142 Å². The first-order valence-electron chi connectivity index (χ1n) is 7.27. The van der Waals surface area contributed by atoms with Gasteiger partial charge in [0.1, 0.15) is 12.2 Å². The molecular weight excluding hydrogens is 332 g/mol. The molecule has 0 aromatic heterocycles. The van der Waals surface area contributed by atoms with Crippen LogP contribution in [0.1, 0.15) is 22.1 Å². The van der Waals surface area contributed by atoms with Crippen LogP contribution < -0.4 is 20.1 Å². The van der Waals surface area contributed by atoms with E-state index in [4.69, 9.17) is 14.7 Å². The number of carbonyl (C=O) groups is 1. The number of anilines is 1. The van der Waals surface area contributed by atoms with Gasteiger partial charge in [-0.3, -0.25) is 4.79 Å². The van der Waals surface area contributed by atoms with Gasteiger partial charge in [0.25, 0.3) is 5.91 Å². The summed E-state index contributed by atoms with van der Waals surface area (Å²) in [5.41, 5.74) is 0.831. The topological polar surface area (TPSA) is 83.4 Å². The predicted molar refractivity (Wildman–Crippen MR) is 84.3 cm³/mol. The van der Waals surface area contributed by atoms with Gasteiger partial charge in [-0.15, -0.1) is 0 Å². The fraction of sp³-hybridized carbons (Fsp3) is 0.176. The van der Waals surface area contributed by atoms with Gasteiger partial charge in [-0.25, -0.2) is 8.78 Å². The van der Waals surface area contributed by atoms with E-state index in [1.807, 2.05) is 6.07 Å². The third-order valence-corrected chi connectivity index (χ3v) is 3.69. The van der Waals surface area contributed by atoms with Crippen molar-refractivity contribution in [1.29, 1.82) is 5.26 Å². The Morgan fingerprint density at radius 3 is 2.64 bits per heavy atom. The molecule has 3 rings (SSSR count). The van der Waals surface area contributed by atoms with Crippen LogP contribution in [-0.4, -0.2) is 19.6 Å². The summed E-state index contributed by atoms with van der Waals surface area (Å²) in [4.78, 5) is 12.2. The number of hydrogen-bond donors (Lipinski definition) is 2. The molecule has 2 aromatic rings. The fourth-order valence-corrected chi connectivity index (χ4v) is 2.51. The van der Waals surface area contributed by atoms with Crippen LogP contribution in [0.5, 0.6) is 11.5 Å². The van der Waals surface area contributed by atoms with Gasteiger partial charge in [0.2, 0.25) is 0 Å². The Kier molecular flexibility index (Phi) is 4.39. The second-order valence-corrected chi connectivity index (χ2v) is 5.22. The van der Waals surface area contributed by atoms with Gasteiger partial charge in [0.05, 0.1) is 18.4 Å². The van der Waals surface area contributed by atoms with Gasteiger partial charge in [0, 0.05) is 6.07 Å². The van der Waals surface area contributed by atoms with Crippen molar-refractivity contribution >= 4 is 11.6 Å². The van der Waals surface area contributed by atoms with Crippen LogP contribution in [0.25, 0.3) is 0 Å². The minimum atomic E-state index is -1.09. The molecule has 25 heavy (non-hydrogen) atoms. The molecule has 0 radical (unpaired) electrons. The first kappa shape index (κ1) is 16.5. The average Bonchev–Trinajstić information content (AvgIpc) is 2.61. The lowest BCUT2D eigenvalue weighted by atomic mass is 10.0. The molecule has 128 valence electrons. The van der Waals surface area contributed by atoms with Crippen LogP contribution in [-0.2, 0) is 0 Å². The molecule has 1 unspecified atom stereocenters. The van der Waals surface area contributed by atoms with Crippen LogP contribution in [0, 0.1) is 23.0 Å². The molecule has 0 bridgehead atoms. The van der Waals surface area contributed by atoms with Gasteiger partial charge in [-0.05, 0) is 23.8 Å². The van der Waals surface area contributed by atoms with Gasteiger partial charge in [-0.1, -0.05) is 6.07 Å². The molecule has 6 nitrogen and oxygen atoms in total. The standard InChI is InChI=1S/C17H13F2N3O3/c1-24-15-6-9(2-3-14(15)25-5-4-20)16-21-13-8-12(19)11(18)7-10(13)17(23)22-16/h2-3,6-8,16,21H,5H2,1H3,(H,22,23). The largest absolute Gasteiger partial charge is 0.493 e. The van der Waals surface area contributed by atoms with Crippen molar-refractivity contribution in [2.45, 2.75) is 6.17 Å². The Morgan fingerprint density at radius 1 is 1.16 bits per heavy atom. The fourth-order valence-electron chi connectivity index (χ4n) is 2.51. The van der Waals surface area contributed by atoms with Crippen molar-refractivity contribution in [3.05, 3.63) is 53.1 Å². The minimum absolute atomic E-state index is 0.0242. The summed E-state index contributed by atoms with van der Waals surface area (Å²) in [5, 5.41) is 14.2. The number of rotatable bonds is 4. The van der Waals surface area contributed by atoms with Crippen molar-refractivity contribution in [2.75, 3.05) is 19.0 Å². The Morgan fingerprint density at radius 2 is 1.92 bits per heavy atom. The van der Waals surface area contributed by atoms with Crippen LogP contribution in [0.3, 0.4) is 0 Å². The highest BCUT2D eigenvalue weighted by atomic mass is 19.2. The number of nitrogens with zero attached hydrogens (tertiary/aromatic N) is 1. The van der Waals surface area contributed by atoms with E-state index in [0.29, 0.717) is 17.1 Å². The molecule has 0 saturated carbocycles. The first-order valence-corrected chi connectivity index (χ1v) is 7.27. The summed E-state index contributed by atoms with van der Waals surface area (Å²) >= 11 is 0. The van der Waals surface area contributed by atoms with Crippen molar-refractivity contribution in [3.8, 4) is 17.6 Å². The zero-order valence-corrected chi connectivity index (χ0v) is 13.1. The van der Waals surface area contributed by atoms with Crippen molar-refractivity contribution in [1.82, 2.24) is 5.32 Å². The van der Waals surface area contributed by atoms with Crippen LogP contribution in [0.15, 0.2) is 30.3 Å². The van der Waals surface area contributed by atoms with E-state index in [1.54, 1.807) is 18.2 Å². The number of methoxy groups -OCH3 is 1. The van der Waals surface area contributed by atoms with Gasteiger partial charge < -0.3 is 20.1 Å². The number of benzene rings is 2. The predicted octanol–water partition coefficient (Wildman–Crippen LogP) is 2.73. The van der Waals surface area contributed by atoms with E-state index in [-0.39, 0.29) is 17.9 Å². The lowest BCUT2D eigenvalue weighted by molar-refractivity contribution is 0.0935. The van der Waals surface area contributed by atoms with Crippen molar-refractivity contribution < 1.29 is 23.0 Å². The van der Waals surface area contributed by atoms with Crippen molar-refractivity contribution in [2.24, 2.45) is 0 Å². The second-order valence-electron chi connectivity index (χ2n) is 5.22. The average molecular weight is 345 g/mol. The molecule has 1 heterocycles. The zero-order valence-electron chi connectivity index (χ0n) is 13.1. The lowest BCUT2D eigenvalue weighted by Crippen LogP contribution is -2.38. The van der Waals surface area contributed by atoms with Crippen LogP contribution in [0.2, 0.25) is 0 Å². The summed E-state index contributed by atoms with van der Waals surface area (Å²) in [6, 6.07) is 8.53. The Balaban J connectivity index is 1.91. The molecular formula is C17H13F2N3O3. The van der Waals surface area contributed by atoms with E-state index in [9.17, 15) is 13.6 Å². The molecule has 0 spiro atoms. The Hall–Kier alpha value is -3.34. The van der Waals surface area contributed by atoms with Gasteiger partial charge in [-0.2, -0.15) is 5.26 Å². The number of hydrogen-bond acceptors (Lipinski definition) is 5. The molecule has 1 aliphatic heterocycles. The maximum atomic E-state index is 13.4. The highest BCUT2D eigenvalue weighted by Crippen LogP contribution is 2.33. The number of nitriles is 1. The zero-order chi connectivity index (χ0) is 18.0. The molecule has 2 aromatic carbocycles. The first-order chi connectivity index (χ1) is 12.0. The molecule has 1 aliphatic rings. The van der Waals surface area contributed by atoms with E-state index < -0.39 is 23.7 Å². The molecule has 0 fully saturated rings. The summed E-state index contributed by atoms with van der Waals surface area (Å²) < 4.78 is 37.2. The van der Waals surface area contributed by atoms with E-state index >= 15 is 0 Å². The molecule has 0 aliphatic carbocycles. The Bertz CT molecular complexity index is 880. The summed E-state index contributed by atoms with van der Waals surface area (Å²) in [6.07, 6.45) is -0.663. The van der Waals surface area contributed by atoms with Crippen LogP contribution in [0.4, 0.5) is 14.5 Å². The minimum Gasteiger partial charge on any atom is -0.493 e. The third kappa shape index (κ3) is 3.17. The summed E-state index contributed by atoms with van der Waals surface area (Å²) in [5.74, 6) is -1.91. The lowest BCUT2D eigenvalue weighted by Gasteiger charge is -2.28. The van der Waals surface area contributed by atoms with Crippen LogP contribution >= 0.6 is 0 Å². The van der Waals surface area contributed by atoms with Gasteiger partial charge >= 0.3 is 0 Å². The van der Waals surface area contributed by atoms with E-state index in [1.165, 1.54) is 7.11 Å². The van der Waals surface area contributed by atoms with E-state index in [0.717, 1.165) is 12.1 Å². The summed E-state index contributed by atoms with van der Waals surface area (Å²) in [6.45, 7) is -0.133.